The fourth-order valence-electron chi connectivity index (χ4n) is 1.09. The molecule has 2 N–H and O–H groups in total. The van der Waals surface area contributed by atoms with Crippen molar-refractivity contribution in [2.75, 3.05) is 19.4 Å². The Morgan fingerprint density at radius 2 is 2.12 bits per heavy atom. The summed E-state index contributed by atoms with van der Waals surface area (Å²) in [6, 6.07) is 0. The van der Waals surface area contributed by atoms with E-state index in [1.807, 2.05) is 6.92 Å². The van der Waals surface area contributed by atoms with Crippen molar-refractivity contribution in [3.05, 3.63) is 0 Å². The molecule has 2 atom stereocenters. The van der Waals surface area contributed by atoms with E-state index < -0.39 is 12.1 Å². The van der Waals surface area contributed by atoms with E-state index in [2.05, 4.69) is 12.2 Å². The summed E-state index contributed by atoms with van der Waals surface area (Å²) in [7, 11) is 1.31. The second-order valence-electron chi connectivity index (χ2n) is 3.67. The zero-order valence-electron chi connectivity index (χ0n) is 10.6. The lowest BCUT2D eigenvalue weighted by atomic mass is 10.3. The number of rotatable bonds is 9. The van der Waals surface area contributed by atoms with Crippen molar-refractivity contribution in [1.29, 1.82) is 0 Å². The van der Waals surface area contributed by atoms with Gasteiger partial charge in [0, 0.05) is 7.11 Å². The van der Waals surface area contributed by atoms with Gasteiger partial charge >= 0.3 is 5.97 Å². The molecule has 0 saturated carbocycles. The molecule has 6 heteroatoms. The lowest BCUT2D eigenvalue weighted by molar-refractivity contribution is -0.148. The molecule has 0 aromatic carbocycles. The Hall–Kier alpha value is -0.750. The Morgan fingerprint density at radius 1 is 1.47 bits per heavy atom. The predicted octanol–water partition coefficient (Wildman–Crippen LogP) is 1.12. The molecule has 0 rings (SSSR count). The number of carbonyl (C=O) groups is 2. The summed E-state index contributed by atoms with van der Waals surface area (Å²) >= 11 is 1.58. The van der Waals surface area contributed by atoms with Crippen LogP contribution in [-0.2, 0) is 14.3 Å². The summed E-state index contributed by atoms with van der Waals surface area (Å²) in [6.07, 6.45) is 1.20. The number of carbonyl (C=O) groups excluding carboxylic acids is 1. The van der Waals surface area contributed by atoms with Crippen LogP contribution in [0, 0.1) is 0 Å². The normalized spacial score (nSPS) is 14.1. The number of unbranched alkanes of at least 4 members (excludes halogenated alkanes) is 1. The van der Waals surface area contributed by atoms with Crippen LogP contribution < -0.4 is 5.32 Å². The van der Waals surface area contributed by atoms with Gasteiger partial charge in [0.25, 0.3) is 0 Å². The highest BCUT2D eigenvalue weighted by Gasteiger charge is 2.19. The molecule has 0 aliphatic carbocycles. The highest BCUT2D eigenvalue weighted by atomic mass is 32.2. The summed E-state index contributed by atoms with van der Waals surface area (Å²) in [4.78, 5) is 22.2. The number of aliphatic carboxylic acids is 1. The maximum atomic E-state index is 11.6. The molecule has 0 fully saturated rings. The van der Waals surface area contributed by atoms with Crippen LogP contribution in [0.25, 0.3) is 0 Å². The van der Waals surface area contributed by atoms with Gasteiger partial charge in [0.15, 0.2) is 6.10 Å². The fourth-order valence-corrected chi connectivity index (χ4v) is 2.13. The van der Waals surface area contributed by atoms with Crippen LogP contribution in [0.1, 0.15) is 26.7 Å². The van der Waals surface area contributed by atoms with Crippen molar-refractivity contribution in [3.63, 3.8) is 0 Å². The topological polar surface area (TPSA) is 75.6 Å². The van der Waals surface area contributed by atoms with E-state index in [4.69, 9.17) is 9.84 Å². The van der Waals surface area contributed by atoms with Crippen molar-refractivity contribution in [3.8, 4) is 0 Å². The maximum absolute atomic E-state index is 11.6. The molecule has 2 unspecified atom stereocenters. The molecule has 0 spiro atoms. The number of amides is 1. The van der Waals surface area contributed by atoms with E-state index in [9.17, 15) is 9.59 Å². The van der Waals surface area contributed by atoms with Gasteiger partial charge in [-0.2, -0.15) is 0 Å². The predicted molar refractivity (Wildman–Crippen MR) is 68.3 cm³/mol. The zero-order valence-corrected chi connectivity index (χ0v) is 11.4. The van der Waals surface area contributed by atoms with Gasteiger partial charge in [-0.1, -0.05) is 13.3 Å². The number of ether oxygens (including phenoxy) is 1. The second kappa shape index (κ2) is 9.30. The van der Waals surface area contributed by atoms with Crippen LogP contribution in [0.3, 0.4) is 0 Å². The van der Waals surface area contributed by atoms with Crippen molar-refractivity contribution < 1.29 is 19.4 Å². The third-order valence-electron chi connectivity index (χ3n) is 2.26. The molecule has 0 saturated heterocycles. The van der Waals surface area contributed by atoms with Crippen LogP contribution in [-0.4, -0.2) is 47.7 Å². The first kappa shape index (κ1) is 16.2. The molecule has 0 aliphatic rings. The molecule has 0 aromatic rings. The fraction of sp³-hybridized carbons (Fsp3) is 0.818. The number of thioether (sulfide) groups is 1. The standard InChI is InChI=1S/C11H21NO4S/c1-4-5-6-17-8(2)10(13)12-7-9(16-3)11(14)15/h8-9H,4-7H2,1-3H3,(H,12,13)(H,14,15). The minimum absolute atomic E-state index is 0.00332. The number of nitrogens with one attached hydrogen (secondary N) is 1. The number of hydrogen-bond acceptors (Lipinski definition) is 4. The summed E-state index contributed by atoms with van der Waals surface area (Å²) in [5.41, 5.74) is 0. The van der Waals surface area contributed by atoms with Gasteiger partial charge in [0.1, 0.15) is 0 Å². The minimum atomic E-state index is -1.07. The molecule has 0 aliphatic heterocycles. The Bertz CT molecular complexity index is 248. The Kier molecular flexibility index (Phi) is 8.89. The van der Waals surface area contributed by atoms with Crippen LogP contribution in [0.15, 0.2) is 0 Å². The summed E-state index contributed by atoms with van der Waals surface area (Å²) < 4.78 is 4.72. The summed E-state index contributed by atoms with van der Waals surface area (Å²) in [5, 5.41) is 11.1. The first-order valence-electron chi connectivity index (χ1n) is 5.67. The highest BCUT2D eigenvalue weighted by molar-refractivity contribution is 8.00. The molecule has 0 aromatic heterocycles. The lowest BCUT2D eigenvalue weighted by Crippen LogP contribution is -2.40. The van der Waals surface area contributed by atoms with Gasteiger partial charge in [-0.05, 0) is 19.1 Å². The molecule has 5 nitrogen and oxygen atoms in total. The molecule has 17 heavy (non-hydrogen) atoms. The first-order chi connectivity index (χ1) is 8.02. The zero-order chi connectivity index (χ0) is 13.3. The third-order valence-corrected chi connectivity index (χ3v) is 3.50. The van der Waals surface area contributed by atoms with E-state index in [1.165, 1.54) is 7.11 Å². The summed E-state index contributed by atoms with van der Waals surface area (Å²) in [5.74, 6) is -0.272. The van der Waals surface area contributed by atoms with E-state index >= 15 is 0 Å². The Labute approximate surface area is 106 Å². The van der Waals surface area contributed by atoms with E-state index in [0.717, 1.165) is 18.6 Å². The van der Waals surface area contributed by atoms with Crippen LogP contribution in [0.2, 0.25) is 0 Å². The van der Waals surface area contributed by atoms with E-state index in [-0.39, 0.29) is 17.7 Å². The van der Waals surface area contributed by atoms with E-state index in [1.54, 1.807) is 11.8 Å². The highest BCUT2D eigenvalue weighted by Crippen LogP contribution is 2.12. The molecule has 100 valence electrons. The molecular weight excluding hydrogens is 242 g/mol. The lowest BCUT2D eigenvalue weighted by Gasteiger charge is -2.14. The van der Waals surface area contributed by atoms with Gasteiger partial charge in [-0.25, -0.2) is 4.79 Å². The van der Waals surface area contributed by atoms with Gasteiger partial charge < -0.3 is 15.2 Å². The first-order valence-corrected chi connectivity index (χ1v) is 6.72. The van der Waals surface area contributed by atoms with Crippen molar-refractivity contribution in [2.45, 2.75) is 38.0 Å². The van der Waals surface area contributed by atoms with E-state index in [0.29, 0.717) is 0 Å². The molecule has 0 bridgehead atoms. The largest absolute Gasteiger partial charge is 0.479 e. The average molecular weight is 263 g/mol. The molecule has 0 heterocycles. The molecule has 1 amide bonds. The van der Waals surface area contributed by atoms with Gasteiger partial charge in [0.2, 0.25) is 5.91 Å². The van der Waals surface area contributed by atoms with Crippen LogP contribution in [0.4, 0.5) is 0 Å². The summed E-state index contributed by atoms with van der Waals surface area (Å²) in [6.45, 7) is 3.92. The number of carboxylic acid groups (broad SMARTS) is 1. The van der Waals surface area contributed by atoms with Crippen molar-refractivity contribution in [1.82, 2.24) is 5.32 Å². The second-order valence-corrected chi connectivity index (χ2v) is 5.12. The van der Waals surface area contributed by atoms with Gasteiger partial charge in [0.05, 0.1) is 11.8 Å². The van der Waals surface area contributed by atoms with Gasteiger partial charge in [-0.3, -0.25) is 4.79 Å². The third kappa shape index (κ3) is 7.23. The minimum Gasteiger partial charge on any atom is -0.479 e. The van der Waals surface area contributed by atoms with Gasteiger partial charge in [-0.15, -0.1) is 11.8 Å². The Balaban J connectivity index is 3.87. The molecular formula is C11H21NO4S. The van der Waals surface area contributed by atoms with Crippen LogP contribution in [0.5, 0.6) is 0 Å². The number of hydrogen-bond donors (Lipinski definition) is 2. The van der Waals surface area contributed by atoms with Crippen molar-refractivity contribution in [2.24, 2.45) is 0 Å². The quantitative estimate of drug-likeness (QED) is 0.610. The molecule has 0 radical (unpaired) electrons. The SMILES string of the molecule is CCCCSC(C)C(=O)NCC(OC)C(=O)O. The monoisotopic (exact) mass is 263 g/mol. The van der Waals surface area contributed by atoms with Crippen LogP contribution >= 0.6 is 11.8 Å². The Morgan fingerprint density at radius 3 is 2.59 bits per heavy atom. The number of carboxylic acids is 1. The number of methoxy groups -OCH3 is 1. The maximum Gasteiger partial charge on any atom is 0.334 e. The van der Waals surface area contributed by atoms with Crippen molar-refractivity contribution >= 4 is 23.6 Å². The average Bonchev–Trinajstić information content (AvgIpc) is 2.29. The smallest absolute Gasteiger partial charge is 0.334 e.